The fraction of sp³-hybridized carbons (Fsp3) is 0.325. The van der Waals surface area contributed by atoms with E-state index in [1.54, 1.807) is 53.7 Å². The molecule has 2 N–H and O–H groups in total. The van der Waals surface area contributed by atoms with Crippen molar-refractivity contribution in [1.29, 1.82) is 5.26 Å². The number of piperidine rings is 1. The maximum atomic E-state index is 14.2. The van der Waals surface area contributed by atoms with Crippen LogP contribution in [-0.4, -0.2) is 59.0 Å². The Kier molecular flexibility index (Phi) is 12.5. The highest BCUT2D eigenvalue weighted by molar-refractivity contribution is 7.93. The van der Waals surface area contributed by atoms with Crippen LogP contribution in [-0.2, 0) is 27.5 Å². The van der Waals surface area contributed by atoms with Gasteiger partial charge in [-0.05, 0) is 135 Å². The number of pyridine rings is 1. The van der Waals surface area contributed by atoms with Crippen LogP contribution >= 0.6 is 11.5 Å². The van der Waals surface area contributed by atoms with Crippen LogP contribution in [0.15, 0.2) is 90.3 Å². The molecule has 1 amide bonds. The van der Waals surface area contributed by atoms with E-state index in [9.17, 15) is 31.6 Å². The van der Waals surface area contributed by atoms with E-state index >= 15 is 0 Å². The molecular formula is C40H40F3N7O5S2. The molecule has 5 aromatic rings. The summed E-state index contributed by atoms with van der Waals surface area (Å²) in [7, 11) is -4.09. The lowest BCUT2D eigenvalue weighted by atomic mass is 9.93. The standard InChI is InChI=1S/C40H40F3N7O5S2/c1-39(2,3)55-38(51)50-16-11-26(12-17-50)8-13-46-24-27-18-30(20-32(19-27)40(41,42)43)29-4-6-36(34(22-29)28-9-14-45-15-10-28)54-35-7-5-33(21-31(35)23-44)57(52,53)49-37-47-25-48-56-37/h4-7,9-10,14-15,18-22,25-26,46H,8,11-13,16-17,24H2,1-3H3,(H,47,48,49). The normalized spacial score (nSPS) is 13.9. The number of hydrogen-bond donors (Lipinski definition) is 2. The number of carbonyl (C=O) groups is 1. The number of carbonyl (C=O) groups excluding carboxylic acids is 1. The number of hydrogen-bond acceptors (Lipinski definition) is 11. The molecule has 1 fully saturated rings. The monoisotopic (exact) mass is 819 g/mol. The predicted octanol–water partition coefficient (Wildman–Crippen LogP) is 8.88. The number of sulfonamides is 1. The van der Waals surface area contributed by atoms with Crippen molar-refractivity contribution in [2.45, 2.75) is 63.3 Å². The van der Waals surface area contributed by atoms with Crippen molar-refractivity contribution in [3.05, 3.63) is 102 Å². The van der Waals surface area contributed by atoms with Crippen LogP contribution < -0.4 is 14.8 Å². The quantitative estimate of drug-likeness (QED) is 0.116. The summed E-state index contributed by atoms with van der Waals surface area (Å²) in [5.74, 6) is 0.714. The van der Waals surface area contributed by atoms with Crippen LogP contribution in [0.3, 0.4) is 0 Å². The van der Waals surface area contributed by atoms with Gasteiger partial charge in [0.25, 0.3) is 10.0 Å². The summed E-state index contributed by atoms with van der Waals surface area (Å²) in [6.45, 7) is 7.51. The first-order valence-corrected chi connectivity index (χ1v) is 20.3. The first-order chi connectivity index (χ1) is 27.1. The lowest BCUT2D eigenvalue weighted by Crippen LogP contribution is -2.42. The third-order valence-electron chi connectivity index (χ3n) is 9.13. The molecule has 57 heavy (non-hydrogen) atoms. The van der Waals surface area contributed by atoms with Gasteiger partial charge in [-0.15, -0.1) is 0 Å². The second-order valence-corrected chi connectivity index (χ2v) is 16.9. The van der Waals surface area contributed by atoms with Gasteiger partial charge in [-0.3, -0.25) is 9.71 Å². The maximum absolute atomic E-state index is 14.2. The lowest BCUT2D eigenvalue weighted by molar-refractivity contribution is -0.137. The highest BCUT2D eigenvalue weighted by atomic mass is 32.2. The van der Waals surface area contributed by atoms with Crippen LogP contribution in [0.2, 0.25) is 0 Å². The Morgan fingerprint density at radius 3 is 2.37 bits per heavy atom. The molecule has 3 aromatic carbocycles. The van der Waals surface area contributed by atoms with Gasteiger partial charge >= 0.3 is 12.3 Å². The fourth-order valence-electron chi connectivity index (χ4n) is 6.31. The average Bonchev–Trinajstić information content (AvgIpc) is 3.68. The van der Waals surface area contributed by atoms with Crippen LogP contribution in [0.5, 0.6) is 11.5 Å². The molecule has 0 spiro atoms. The van der Waals surface area contributed by atoms with Crippen molar-refractivity contribution < 1.29 is 35.9 Å². The van der Waals surface area contributed by atoms with E-state index in [0.29, 0.717) is 53.4 Å². The summed E-state index contributed by atoms with van der Waals surface area (Å²) < 4.78 is 86.4. The Labute approximate surface area is 332 Å². The smallest absolute Gasteiger partial charge is 0.416 e. The third-order valence-corrected chi connectivity index (χ3v) is 11.2. The molecule has 0 aliphatic carbocycles. The highest BCUT2D eigenvalue weighted by Gasteiger charge is 2.32. The van der Waals surface area contributed by atoms with Crippen molar-refractivity contribution in [2.24, 2.45) is 5.92 Å². The van der Waals surface area contributed by atoms with E-state index in [1.807, 2.05) is 26.8 Å². The Morgan fingerprint density at radius 2 is 1.70 bits per heavy atom. The number of aromatic nitrogens is 3. The summed E-state index contributed by atoms with van der Waals surface area (Å²) in [6.07, 6.45) is 1.89. The summed E-state index contributed by atoms with van der Waals surface area (Å²) >= 11 is 0.855. The zero-order chi connectivity index (χ0) is 40.8. The van der Waals surface area contributed by atoms with Crippen molar-refractivity contribution in [3.63, 3.8) is 0 Å². The molecule has 3 heterocycles. The number of benzene rings is 3. The number of amides is 1. The van der Waals surface area contributed by atoms with Gasteiger partial charge in [0.2, 0.25) is 5.13 Å². The van der Waals surface area contributed by atoms with Crippen LogP contribution in [0.4, 0.5) is 23.1 Å². The van der Waals surface area contributed by atoms with Crippen molar-refractivity contribution >= 4 is 32.8 Å². The number of nitrogens with zero attached hydrogens (tertiary/aromatic N) is 5. The number of ether oxygens (including phenoxy) is 2. The third kappa shape index (κ3) is 10.8. The van der Waals surface area contributed by atoms with E-state index in [1.165, 1.54) is 24.5 Å². The van der Waals surface area contributed by atoms with E-state index in [2.05, 4.69) is 24.4 Å². The molecule has 1 saturated heterocycles. The van der Waals surface area contributed by atoms with E-state index in [-0.39, 0.29) is 39.7 Å². The van der Waals surface area contributed by atoms with Crippen molar-refractivity contribution in [3.8, 4) is 39.8 Å². The molecule has 0 saturated carbocycles. The molecule has 0 bridgehead atoms. The van der Waals surface area contributed by atoms with Gasteiger partial charge in [0.1, 0.15) is 29.5 Å². The minimum atomic E-state index is -4.59. The molecule has 2 aromatic heterocycles. The number of halogens is 3. The number of likely N-dealkylation sites (tertiary alicyclic amines) is 1. The molecular weight excluding hydrogens is 780 g/mol. The number of nitriles is 1. The van der Waals surface area contributed by atoms with E-state index < -0.39 is 27.4 Å². The fourth-order valence-corrected chi connectivity index (χ4v) is 8.00. The average molecular weight is 820 g/mol. The SMILES string of the molecule is CC(C)(C)OC(=O)N1CCC(CCNCc2cc(-c3ccc(Oc4ccc(S(=O)(=O)Nc5ncns5)cc4C#N)c(-c4ccncc4)c3)cc(C(F)(F)F)c2)CC1. The molecule has 1 aliphatic rings. The summed E-state index contributed by atoms with van der Waals surface area (Å²) in [5.41, 5.74) is 1.02. The molecule has 0 radical (unpaired) electrons. The number of alkyl halides is 3. The first kappa shape index (κ1) is 41.1. The minimum Gasteiger partial charge on any atom is -0.455 e. The zero-order valence-electron chi connectivity index (χ0n) is 31.3. The van der Waals surface area contributed by atoms with Crippen LogP contribution in [0.25, 0.3) is 22.3 Å². The summed E-state index contributed by atoms with van der Waals surface area (Å²) in [6, 6.07) is 18.1. The molecule has 6 rings (SSSR count). The number of anilines is 1. The largest absolute Gasteiger partial charge is 0.455 e. The van der Waals surface area contributed by atoms with Crippen LogP contribution in [0.1, 0.15) is 56.7 Å². The molecule has 0 atom stereocenters. The first-order valence-electron chi connectivity index (χ1n) is 18.0. The Hall–Kier alpha value is -5.57. The molecule has 17 heteroatoms. The summed E-state index contributed by atoms with van der Waals surface area (Å²) in [5, 5.41) is 13.3. The topological polar surface area (TPSA) is 159 Å². The Balaban J connectivity index is 1.20. The van der Waals surface area contributed by atoms with Gasteiger partial charge in [-0.2, -0.15) is 22.8 Å². The van der Waals surface area contributed by atoms with Gasteiger partial charge in [-0.25, -0.2) is 18.2 Å². The Morgan fingerprint density at radius 1 is 0.965 bits per heavy atom. The van der Waals surface area contributed by atoms with Gasteiger partial charge < -0.3 is 19.7 Å². The van der Waals surface area contributed by atoms with E-state index in [4.69, 9.17) is 9.47 Å². The van der Waals surface area contributed by atoms with Crippen molar-refractivity contribution in [2.75, 3.05) is 24.4 Å². The van der Waals surface area contributed by atoms with Gasteiger partial charge in [0, 0.05) is 49.1 Å². The molecule has 12 nitrogen and oxygen atoms in total. The van der Waals surface area contributed by atoms with E-state index in [0.717, 1.165) is 42.9 Å². The summed E-state index contributed by atoms with van der Waals surface area (Å²) in [4.78, 5) is 21.9. The predicted molar refractivity (Wildman–Crippen MR) is 209 cm³/mol. The Bertz CT molecular complexity index is 2340. The van der Waals surface area contributed by atoms with Crippen LogP contribution in [0, 0.1) is 17.2 Å². The van der Waals surface area contributed by atoms with Gasteiger partial charge in [-0.1, -0.05) is 6.07 Å². The zero-order valence-corrected chi connectivity index (χ0v) is 33.0. The van der Waals surface area contributed by atoms with Gasteiger partial charge in [0.05, 0.1) is 16.0 Å². The number of nitrogens with one attached hydrogen (secondary N) is 2. The van der Waals surface area contributed by atoms with Crippen molar-refractivity contribution in [1.82, 2.24) is 24.6 Å². The molecule has 298 valence electrons. The second-order valence-electron chi connectivity index (χ2n) is 14.5. The molecule has 1 aliphatic heterocycles. The highest BCUT2D eigenvalue weighted by Crippen LogP contribution is 2.40. The molecule has 0 unspecified atom stereocenters. The lowest BCUT2D eigenvalue weighted by Gasteiger charge is -2.33. The maximum Gasteiger partial charge on any atom is 0.416 e. The minimum absolute atomic E-state index is 0.0607. The number of rotatable bonds is 12. The second kappa shape index (κ2) is 17.3. The van der Waals surface area contributed by atoms with Gasteiger partial charge in [0.15, 0.2) is 0 Å².